The molecule has 0 aromatic carbocycles. The Labute approximate surface area is 91.1 Å². The molecule has 4 heteroatoms. The number of esters is 1. The molecule has 0 aliphatic heterocycles. The average molecular weight is 215 g/mol. The van der Waals surface area contributed by atoms with Gasteiger partial charge in [0, 0.05) is 0 Å². The van der Waals surface area contributed by atoms with Crippen LogP contribution in [-0.4, -0.2) is 32.8 Å². The molecule has 0 spiro atoms. The van der Waals surface area contributed by atoms with Gasteiger partial charge in [-0.15, -0.1) is 0 Å². The molecule has 0 saturated heterocycles. The van der Waals surface area contributed by atoms with Crippen molar-refractivity contribution in [3.63, 3.8) is 0 Å². The van der Waals surface area contributed by atoms with E-state index in [9.17, 15) is 4.79 Å². The van der Waals surface area contributed by atoms with E-state index in [1.54, 1.807) is 0 Å². The lowest BCUT2D eigenvalue weighted by Gasteiger charge is -2.30. The summed E-state index contributed by atoms with van der Waals surface area (Å²) in [6.45, 7) is 1.42. The van der Waals surface area contributed by atoms with Crippen LogP contribution in [0.4, 0.5) is 0 Å². The van der Waals surface area contributed by atoms with Crippen LogP contribution in [0.2, 0.25) is 0 Å². The maximum Gasteiger partial charge on any atom is 0.331 e. The van der Waals surface area contributed by atoms with Crippen molar-refractivity contribution in [2.45, 2.75) is 25.7 Å². The van der Waals surface area contributed by atoms with Crippen LogP contribution in [0.25, 0.3) is 0 Å². The molecule has 1 aliphatic rings. The summed E-state index contributed by atoms with van der Waals surface area (Å²) < 4.78 is 9.83. The number of methoxy groups -OCH3 is 1. The Morgan fingerprint density at radius 1 is 1.33 bits per heavy atom. The van der Waals surface area contributed by atoms with Gasteiger partial charge in [0.05, 0.1) is 13.7 Å². The van der Waals surface area contributed by atoms with Gasteiger partial charge in [0.25, 0.3) is 0 Å². The molecule has 88 valence electrons. The predicted molar refractivity (Wildman–Crippen MR) is 57.3 cm³/mol. The first-order valence-electron chi connectivity index (χ1n) is 5.62. The first kappa shape index (κ1) is 12.5. The van der Waals surface area contributed by atoms with Gasteiger partial charge < -0.3 is 15.2 Å². The Bertz CT molecular complexity index is 196. The van der Waals surface area contributed by atoms with Crippen LogP contribution in [0.3, 0.4) is 0 Å². The molecule has 2 N–H and O–H groups in total. The van der Waals surface area contributed by atoms with Crippen LogP contribution in [0.1, 0.15) is 25.7 Å². The molecule has 0 aromatic rings. The topological polar surface area (TPSA) is 61.5 Å². The highest BCUT2D eigenvalue weighted by atomic mass is 16.6. The molecule has 1 saturated carbocycles. The number of rotatable bonds is 5. The van der Waals surface area contributed by atoms with E-state index in [0.29, 0.717) is 18.4 Å². The van der Waals surface area contributed by atoms with Gasteiger partial charge in [0.2, 0.25) is 0 Å². The Balaban J connectivity index is 2.20. The van der Waals surface area contributed by atoms with Gasteiger partial charge in [-0.1, -0.05) is 12.8 Å². The van der Waals surface area contributed by atoms with Crippen molar-refractivity contribution >= 4 is 5.97 Å². The lowest BCUT2D eigenvalue weighted by Crippen LogP contribution is -2.30. The van der Waals surface area contributed by atoms with Crippen molar-refractivity contribution < 1.29 is 14.3 Å². The summed E-state index contributed by atoms with van der Waals surface area (Å²) in [4.78, 5) is 10.8. The fourth-order valence-electron chi connectivity index (χ4n) is 2.17. The van der Waals surface area contributed by atoms with Crippen molar-refractivity contribution in [1.29, 1.82) is 0 Å². The zero-order valence-electron chi connectivity index (χ0n) is 9.41. The van der Waals surface area contributed by atoms with E-state index < -0.39 is 0 Å². The molecule has 0 heterocycles. The molecule has 0 amide bonds. The quantitative estimate of drug-likeness (QED) is 0.693. The molecule has 1 rings (SSSR count). The average Bonchev–Trinajstić information content (AvgIpc) is 2.29. The van der Waals surface area contributed by atoms with E-state index >= 15 is 0 Å². The molecule has 2 unspecified atom stereocenters. The van der Waals surface area contributed by atoms with Gasteiger partial charge in [-0.3, -0.25) is 0 Å². The molecule has 0 radical (unpaired) electrons. The van der Waals surface area contributed by atoms with E-state index in [1.807, 2.05) is 0 Å². The van der Waals surface area contributed by atoms with Crippen molar-refractivity contribution in [3.8, 4) is 0 Å². The number of carbonyl (C=O) groups is 1. The predicted octanol–water partition coefficient (Wildman–Crippen LogP) is 0.941. The summed E-state index contributed by atoms with van der Waals surface area (Å²) in [5.74, 6) is 0.778. The first-order chi connectivity index (χ1) is 7.27. The summed E-state index contributed by atoms with van der Waals surface area (Å²) in [6.07, 6.45) is 4.89. The second-order valence-electron chi connectivity index (χ2n) is 4.13. The van der Waals surface area contributed by atoms with Crippen LogP contribution in [-0.2, 0) is 14.3 Å². The zero-order valence-corrected chi connectivity index (χ0v) is 9.41. The smallest absolute Gasteiger partial charge is 0.331 e. The molecule has 2 atom stereocenters. The van der Waals surface area contributed by atoms with Crippen LogP contribution in [0.5, 0.6) is 0 Å². The van der Waals surface area contributed by atoms with E-state index in [-0.39, 0.29) is 12.6 Å². The minimum atomic E-state index is -0.310. The standard InChI is InChI=1S/C11H21NO3/c1-14-11(13)8-15-7-10-5-3-2-4-9(10)6-12/h9-10H,2-8,12H2,1H3. The Kier molecular flexibility index (Phi) is 5.65. The second-order valence-corrected chi connectivity index (χ2v) is 4.13. The largest absolute Gasteiger partial charge is 0.467 e. The molecular weight excluding hydrogens is 194 g/mol. The number of carbonyl (C=O) groups excluding carboxylic acids is 1. The summed E-state index contributed by atoms with van der Waals surface area (Å²) in [7, 11) is 1.37. The second kappa shape index (κ2) is 6.80. The van der Waals surface area contributed by atoms with Crippen LogP contribution in [0, 0.1) is 11.8 Å². The van der Waals surface area contributed by atoms with E-state index in [2.05, 4.69) is 4.74 Å². The van der Waals surface area contributed by atoms with Crippen LogP contribution in [0.15, 0.2) is 0 Å². The van der Waals surface area contributed by atoms with Gasteiger partial charge in [0.1, 0.15) is 6.61 Å². The van der Waals surface area contributed by atoms with Gasteiger partial charge in [0.15, 0.2) is 0 Å². The maximum atomic E-state index is 10.8. The fourth-order valence-corrected chi connectivity index (χ4v) is 2.17. The van der Waals surface area contributed by atoms with Crippen LogP contribution >= 0.6 is 0 Å². The number of nitrogens with two attached hydrogens (primary N) is 1. The summed E-state index contributed by atoms with van der Waals surface area (Å²) in [6, 6.07) is 0. The SMILES string of the molecule is COC(=O)COCC1CCCCC1CN. The van der Waals surface area contributed by atoms with Gasteiger partial charge in [-0.2, -0.15) is 0 Å². The van der Waals surface area contributed by atoms with Crippen LogP contribution < -0.4 is 5.73 Å². The third kappa shape index (κ3) is 4.18. The normalized spacial score (nSPS) is 26.3. The van der Waals surface area contributed by atoms with E-state index in [4.69, 9.17) is 10.5 Å². The molecule has 0 aromatic heterocycles. The third-order valence-electron chi connectivity index (χ3n) is 3.15. The van der Waals surface area contributed by atoms with Gasteiger partial charge >= 0.3 is 5.97 Å². The molecule has 1 fully saturated rings. The Hall–Kier alpha value is -0.610. The number of ether oxygens (including phenoxy) is 2. The summed E-state index contributed by atoms with van der Waals surface area (Å²) in [5, 5.41) is 0. The molecule has 1 aliphatic carbocycles. The lowest BCUT2D eigenvalue weighted by molar-refractivity contribution is -0.146. The monoisotopic (exact) mass is 215 g/mol. The molecule has 0 bridgehead atoms. The van der Waals surface area contributed by atoms with Crippen molar-refractivity contribution in [2.24, 2.45) is 17.6 Å². The highest BCUT2D eigenvalue weighted by Gasteiger charge is 2.24. The first-order valence-corrected chi connectivity index (χ1v) is 5.62. The van der Waals surface area contributed by atoms with Gasteiger partial charge in [-0.25, -0.2) is 4.79 Å². The molecular formula is C11H21NO3. The highest BCUT2D eigenvalue weighted by molar-refractivity contribution is 5.70. The minimum absolute atomic E-state index is 0.0598. The van der Waals surface area contributed by atoms with E-state index in [1.165, 1.54) is 32.8 Å². The summed E-state index contributed by atoms with van der Waals surface area (Å²) in [5.41, 5.74) is 5.70. The van der Waals surface area contributed by atoms with Crippen molar-refractivity contribution in [1.82, 2.24) is 0 Å². The van der Waals surface area contributed by atoms with Crippen molar-refractivity contribution in [2.75, 3.05) is 26.9 Å². The van der Waals surface area contributed by atoms with E-state index in [0.717, 1.165) is 6.54 Å². The highest BCUT2D eigenvalue weighted by Crippen LogP contribution is 2.29. The minimum Gasteiger partial charge on any atom is -0.467 e. The fraction of sp³-hybridized carbons (Fsp3) is 0.909. The number of hydrogen-bond acceptors (Lipinski definition) is 4. The van der Waals surface area contributed by atoms with Gasteiger partial charge in [-0.05, 0) is 31.2 Å². The summed E-state index contributed by atoms with van der Waals surface area (Å²) >= 11 is 0. The molecule has 4 nitrogen and oxygen atoms in total. The molecule has 15 heavy (non-hydrogen) atoms. The lowest BCUT2D eigenvalue weighted by atomic mass is 9.80. The Morgan fingerprint density at radius 2 is 2.00 bits per heavy atom. The number of hydrogen-bond donors (Lipinski definition) is 1. The Morgan fingerprint density at radius 3 is 2.60 bits per heavy atom. The maximum absolute atomic E-state index is 10.8. The zero-order chi connectivity index (χ0) is 11.1. The van der Waals surface area contributed by atoms with Crippen molar-refractivity contribution in [3.05, 3.63) is 0 Å². The third-order valence-corrected chi connectivity index (χ3v) is 3.15.